The van der Waals surface area contributed by atoms with Crippen molar-refractivity contribution in [3.63, 3.8) is 0 Å². The van der Waals surface area contributed by atoms with Crippen molar-refractivity contribution < 1.29 is 9.13 Å². The minimum atomic E-state index is -0.268. The SMILES string of the molecule is CN=C(NCc1ccc(CN2CCN(C)CC2)cc1)NCC(C)Oc1ccc(F)cc1. The third-order valence-corrected chi connectivity index (χ3v) is 5.42. The number of ether oxygens (including phenoxy) is 1. The average molecular weight is 428 g/mol. The summed E-state index contributed by atoms with van der Waals surface area (Å²) in [6, 6.07) is 14.8. The molecule has 168 valence electrons. The van der Waals surface area contributed by atoms with Crippen molar-refractivity contribution in [3.8, 4) is 5.75 Å². The molecule has 1 fully saturated rings. The molecule has 0 radical (unpaired) electrons. The first-order valence-electron chi connectivity index (χ1n) is 10.9. The second-order valence-corrected chi connectivity index (χ2v) is 8.08. The van der Waals surface area contributed by atoms with E-state index in [9.17, 15) is 4.39 Å². The van der Waals surface area contributed by atoms with E-state index in [4.69, 9.17) is 4.74 Å². The predicted molar refractivity (Wildman–Crippen MR) is 124 cm³/mol. The van der Waals surface area contributed by atoms with Gasteiger partial charge in [-0.05, 0) is 49.4 Å². The smallest absolute Gasteiger partial charge is 0.191 e. The van der Waals surface area contributed by atoms with Crippen LogP contribution >= 0.6 is 0 Å². The van der Waals surface area contributed by atoms with Gasteiger partial charge in [-0.1, -0.05) is 24.3 Å². The molecule has 3 rings (SSSR count). The second-order valence-electron chi connectivity index (χ2n) is 8.08. The number of halogens is 1. The molecule has 1 heterocycles. The zero-order valence-electron chi connectivity index (χ0n) is 18.8. The molecular formula is C24H34FN5O. The minimum absolute atomic E-state index is 0.0853. The Morgan fingerprint density at radius 3 is 2.29 bits per heavy atom. The van der Waals surface area contributed by atoms with E-state index in [2.05, 4.69) is 56.7 Å². The minimum Gasteiger partial charge on any atom is -0.489 e. The number of likely N-dealkylation sites (N-methyl/N-ethyl adjacent to an activating group) is 1. The molecule has 0 aliphatic carbocycles. The van der Waals surface area contributed by atoms with Gasteiger partial charge in [-0.25, -0.2) is 4.39 Å². The van der Waals surface area contributed by atoms with Crippen LogP contribution in [0.15, 0.2) is 53.5 Å². The van der Waals surface area contributed by atoms with Crippen molar-refractivity contribution in [1.29, 1.82) is 0 Å². The predicted octanol–water partition coefficient (Wildman–Crippen LogP) is 2.71. The van der Waals surface area contributed by atoms with E-state index >= 15 is 0 Å². The number of piperazine rings is 1. The van der Waals surface area contributed by atoms with Crippen LogP contribution in [-0.2, 0) is 13.1 Å². The van der Waals surface area contributed by atoms with Crippen LogP contribution in [0.4, 0.5) is 4.39 Å². The van der Waals surface area contributed by atoms with Gasteiger partial charge in [-0.15, -0.1) is 0 Å². The van der Waals surface area contributed by atoms with E-state index < -0.39 is 0 Å². The third-order valence-electron chi connectivity index (χ3n) is 5.42. The maximum atomic E-state index is 13.0. The largest absolute Gasteiger partial charge is 0.489 e. The summed E-state index contributed by atoms with van der Waals surface area (Å²) in [5.74, 6) is 1.10. The van der Waals surface area contributed by atoms with Crippen LogP contribution in [0.1, 0.15) is 18.1 Å². The maximum absolute atomic E-state index is 13.0. The average Bonchev–Trinajstić information content (AvgIpc) is 2.78. The van der Waals surface area contributed by atoms with Gasteiger partial charge in [-0.2, -0.15) is 0 Å². The van der Waals surface area contributed by atoms with Crippen LogP contribution in [0.25, 0.3) is 0 Å². The van der Waals surface area contributed by atoms with Gasteiger partial charge < -0.3 is 20.3 Å². The molecular weight excluding hydrogens is 393 g/mol. The number of guanidine groups is 1. The summed E-state index contributed by atoms with van der Waals surface area (Å²) in [5, 5.41) is 6.61. The van der Waals surface area contributed by atoms with Crippen LogP contribution in [-0.4, -0.2) is 68.7 Å². The summed E-state index contributed by atoms with van der Waals surface area (Å²) in [5.41, 5.74) is 2.56. The van der Waals surface area contributed by atoms with Gasteiger partial charge in [-0.3, -0.25) is 9.89 Å². The highest BCUT2D eigenvalue weighted by molar-refractivity contribution is 5.79. The molecule has 6 nitrogen and oxygen atoms in total. The zero-order valence-corrected chi connectivity index (χ0v) is 18.8. The van der Waals surface area contributed by atoms with E-state index in [1.165, 1.54) is 23.3 Å². The molecule has 0 spiro atoms. The molecule has 1 aliphatic heterocycles. The summed E-state index contributed by atoms with van der Waals surface area (Å²) < 4.78 is 18.8. The molecule has 7 heteroatoms. The number of nitrogens with one attached hydrogen (secondary N) is 2. The Morgan fingerprint density at radius 1 is 1.00 bits per heavy atom. The summed E-state index contributed by atoms with van der Waals surface area (Å²) in [7, 11) is 3.93. The van der Waals surface area contributed by atoms with Crippen molar-refractivity contribution in [1.82, 2.24) is 20.4 Å². The fourth-order valence-corrected chi connectivity index (χ4v) is 3.46. The summed E-state index contributed by atoms with van der Waals surface area (Å²) in [6.45, 7) is 8.79. The fraction of sp³-hybridized carbons (Fsp3) is 0.458. The monoisotopic (exact) mass is 427 g/mol. The van der Waals surface area contributed by atoms with Crippen molar-refractivity contribution in [2.75, 3.05) is 46.8 Å². The Morgan fingerprint density at radius 2 is 1.65 bits per heavy atom. The number of benzene rings is 2. The first kappa shape index (κ1) is 23.0. The van der Waals surface area contributed by atoms with Gasteiger partial charge in [0.25, 0.3) is 0 Å². The standard InChI is InChI=1S/C24H34FN5O/c1-19(31-23-10-8-22(25)9-11-23)16-27-24(26-2)28-17-20-4-6-21(7-5-20)18-30-14-12-29(3)13-15-30/h4-11,19H,12-18H2,1-3H3,(H2,26,27,28). The molecule has 2 aromatic rings. The molecule has 1 atom stereocenters. The highest BCUT2D eigenvalue weighted by Gasteiger charge is 2.13. The first-order valence-corrected chi connectivity index (χ1v) is 10.9. The summed E-state index contributed by atoms with van der Waals surface area (Å²) in [6.07, 6.45) is -0.0853. The lowest BCUT2D eigenvalue weighted by molar-refractivity contribution is 0.148. The highest BCUT2D eigenvalue weighted by Crippen LogP contribution is 2.13. The van der Waals surface area contributed by atoms with E-state index in [-0.39, 0.29) is 11.9 Å². The van der Waals surface area contributed by atoms with Crippen LogP contribution in [0.5, 0.6) is 5.75 Å². The van der Waals surface area contributed by atoms with Crippen LogP contribution in [0.3, 0.4) is 0 Å². The maximum Gasteiger partial charge on any atom is 0.191 e. The Bertz CT molecular complexity index is 817. The van der Waals surface area contributed by atoms with Gasteiger partial charge in [0.05, 0.1) is 6.54 Å². The highest BCUT2D eigenvalue weighted by atomic mass is 19.1. The molecule has 0 saturated carbocycles. The van der Waals surface area contributed by atoms with Crippen molar-refractivity contribution >= 4 is 5.96 Å². The molecule has 0 amide bonds. The summed E-state index contributed by atoms with van der Waals surface area (Å²) in [4.78, 5) is 9.16. The topological polar surface area (TPSA) is 52.1 Å². The fourth-order valence-electron chi connectivity index (χ4n) is 3.46. The quantitative estimate of drug-likeness (QED) is 0.501. The summed E-state index contributed by atoms with van der Waals surface area (Å²) >= 11 is 0. The number of hydrogen-bond acceptors (Lipinski definition) is 4. The Kier molecular flexibility index (Phi) is 8.67. The van der Waals surface area contributed by atoms with Crippen molar-refractivity contribution in [2.45, 2.75) is 26.1 Å². The number of nitrogens with zero attached hydrogens (tertiary/aromatic N) is 3. The van der Waals surface area contributed by atoms with Crippen LogP contribution in [0, 0.1) is 5.82 Å². The first-order chi connectivity index (χ1) is 15.0. The lowest BCUT2D eigenvalue weighted by Gasteiger charge is -2.32. The van der Waals surface area contributed by atoms with E-state index in [1.54, 1.807) is 19.2 Å². The van der Waals surface area contributed by atoms with Gasteiger partial charge in [0.15, 0.2) is 5.96 Å². The van der Waals surface area contributed by atoms with Crippen molar-refractivity contribution in [2.24, 2.45) is 4.99 Å². The van der Waals surface area contributed by atoms with Gasteiger partial charge >= 0.3 is 0 Å². The number of hydrogen-bond donors (Lipinski definition) is 2. The van der Waals surface area contributed by atoms with E-state index in [1.807, 2.05) is 6.92 Å². The van der Waals surface area contributed by atoms with Crippen molar-refractivity contribution in [3.05, 3.63) is 65.5 Å². The lowest BCUT2D eigenvalue weighted by Crippen LogP contribution is -2.43. The number of aliphatic imine (C=N–C) groups is 1. The molecule has 1 unspecified atom stereocenters. The van der Waals surface area contributed by atoms with Crippen LogP contribution < -0.4 is 15.4 Å². The number of rotatable bonds is 8. The van der Waals surface area contributed by atoms with Crippen LogP contribution in [0.2, 0.25) is 0 Å². The molecule has 0 bridgehead atoms. The molecule has 2 N–H and O–H groups in total. The normalized spacial score (nSPS) is 16.7. The molecule has 1 saturated heterocycles. The lowest BCUT2D eigenvalue weighted by atomic mass is 10.1. The second kappa shape index (κ2) is 11.7. The Hall–Kier alpha value is -2.64. The molecule has 2 aromatic carbocycles. The molecule has 1 aliphatic rings. The van der Waals surface area contributed by atoms with E-state index in [0.29, 0.717) is 18.8 Å². The molecule has 31 heavy (non-hydrogen) atoms. The Balaban J connectivity index is 1.39. The third kappa shape index (κ3) is 7.84. The Labute approximate surface area is 185 Å². The zero-order chi connectivity index (χ0) is 22.1. The van der Waals surface area contributed by atoms with Gasteiger partial charge in [0, 0.05) is 46.3 Å². The van der Waals surface area contributed by atoms with E-state index in [0.717, 1.165) is 38.7 Å². The van der Waals surface area contributed by atoms with Gasteiger partial charge in [0.2, 0.25) is 0 Å². The van der Waals surface area contributed by atoms with Gasteiger partial charge in [0.1, 0.15) is 17.7 Å². The molecule has 0 aromatic heterocycles.